The molecule has 2 heterocycles. The first-order valence-electron chi connectivity index (χ1n) is 14.9. The van der Waals surface area contributed by atoms with E-state index in [9.17, 15) is 33.6 Å². The van der Waals surface area contributed by atoms with Crippen molar-refractivity contribution in [3.63, 3.8) is 0 Å². The van der Waals surface area contributed by atoms with E-state index in [0.29, 0.717) is 6.42 Å². The summed E-state index contributed by atoms with van der Waals surface area (Å²) in [6.07, 6.45) is -14.2. The Kier molecular flexibility index (Phi) is 16.1. The number of hydrogen-bond acceptors (Lipinski definition) is 19. The first-order chi connectivity index (χ1) is 22.5. The van der Waals surface area contributed by atoms with Crippen LogP contribution < -0.4 is 5.73 Å². The largest absolute Gasteiger partial charge is 0.463 e. The van der Waals surface area contributed by atoms with E-state index in [4.69, 9.17) is 57.8 Å². The van der Waals surface area contributed by atoms with Crippen LogP contribution in [0.15, 0.2) is 0 Å². The van der Waals surface area contributed by atoms with Gasteiger partial charge in [0.05, 0.1) is 13.2 Å². The van der Waals surface area contributed by atoms with Gasteiger partial charge in [0, 0.05) is 48.5 Å². The molecule has 0 radical (unpaired) electrons. The molecule has 0 bridgehead atoms. The molecule has 19 heteroatoms. The van der Waals surface area contributed by atoms with Crippen molar-refractivity contribution in [2.75, 3.05) is 26.4 Å². The second kappa shape index (κ2) is 19.2. The summed E-state index contributed by atoms with van der Waals surface area (Å²) in [5.41, 5.74) is 5.57. The Hall–Kier alpha value is -3.91. The molecule has 2 saturated heterocycles. The lowest BCUT2D eigenvalue weighted by molar-refractivity contribution is -0.334. The Balaban J connectivity index is 2.55. The lowest BCUT2D eigenvalue weighted by Crippen LogP contribution is -2.65. The predicted molar refractivity (Wildman–Crippen MR) is 153 cm³/mol. The van der Waals surface area contributed by atoms with Crippen LogP contribution in [-0.4, -0.2) is 130 Å². The van der Waals surface area contributed by atoms with Gasteiger partial charge in [-0.25, -0.2) is 0 Å². The third-order valence-corrected chi connectivity index (χ3v) is 6.50. The maximum Gasteiger partial charge on any atom is 0.303 e. The number of rotatable bonds is 15. The van der Waals surface area contributed by atoms with Crippen LogP contribution in [0, 0.1) is 0 Å². The van der Waals surface area contributed by atoms with E-state index >= 15 is 0 Å². The van der Waals surface area contributed by atoms with Gasteiger partial charge in [-0.05, 0) is 13.0 Å². The van der Waals surface area contributed by atoms with Crippen molar-refractivity contribution in [1.29, 1.82) is 0 Å². The molecule has 19 nitrogen and oxygen atoms in total. The minimum atomic E-state index is -1.62. The summed E-state index contributed by atoms with van der Waals surface area (Å²) in [7, 11) is 0. The zero-order valence-corrected chi connectivity index (χ0v) is 27.7. The van der Waals surface area contributed by atoms with Crippen molar-refractivity contribution in [2.24, 2.45) is 5.73 Å². The number of esters is 7. The van der Waals surface area contributed by atoms with Gasteiger partial charge < -0.3 is 57.8 Å². The van der Waals surface area contributed by atoms with Gasteiger partial charge in [0.15, 0.2) is 49.2 Å². The molecule has 0 saturated carbocycles. The van der Waals surface area contributed by atoms with Crippen LogP contribution in [0.5, 0.6) is 0 Å². The van der Waals surface area contributed by atoms with E-state index in [1.807, 2.05) is 0 Å². The lowest BCUT2D eigenvalue weighted by Gasteiger charge is -2.46. The first kappa shape index (κ1) is 40.3. The number of carbonyl (C=O) groups excluding carboxylic acids is 7. The second-order valence-corrected chi connectivity index (χ2v) is 10.7. The molecule has 2 aliphatic rings. The normalized spacial score (nSPS) is 29.8. The summed E-state index contributed by atoms with van der Waals surface area (Å²) < 4.78 is 61.2. The summed E-state index contributed by atoms with van der Waals surface area (Å²) in [5.74, 6) is -5.71. The van der Waals surface area contributed by atoms with Crippen LogP contribution in [-0.2, 0) is 85.7 Å². The Bertz CT molecular complexity index is 1160. The van der Waals surface area contributed by atoms with Crippen LogP contribution in [0.25, 0.3) is 0 Å². The third-order valence-electron chi connectivity index (χ3n) is 6.50. The molecule has 0 aliphatic carbocycles. The predicted octanol–water partition coefficient (Wildman–Crippen LogP) is -1.03. The molecule has 0 amide bonds. The van der Waals surface area contributed by atoms with E-state index in [0.717, 1.165) is 48.5 Å². The number of nitrogens with two attached hydrogens (primary N) is 1. The zero-order valence-electron chi connectivity index (χ0n) is 27.7. The van der Waals surface area contributed by atoms with Crippen LogP contribution in [0.3, 0.4) is 0 Å². The second-order valence-electron chi connectivity index (χ2n) is 10.7. The fourth-order valence-corrected chi connectivity index (χ4v) is 4.92. The van der Waals surface area contributed by atoms with E-state index in [2.05, 4.69) is 0 Å². The Labute approximate surface area is 276 Å². The summed E-state index contributed by atoms with van der Waals surface area (Å²) in [4.78, 5) is 84.4. The molecular weight excluding hydrogens is 650 g/mol. The standard InChI is InChI=1S/C29H43NO18/c1-13(31)39-11-20-22(41-14(2)32)25(44-17(5)35)27(46-19(7)37)29(48-20)40-12-21-23(42-15(3)33)24(43-16(4)34)26(45-18(6)36)28(47-21)38-10-8-9-30/h20-29H,8-12,30H2,1-7H3/t20-,21-,22-,23-,24+,25+,26-,27-,28+,29-/m1/s1. The van der Waals surface area contributed by atoms with Gasteiger partial charge in [-0.3, -0.25) is 33.6 Å². The van der Waals surface area contributed by atoms with E-state index < -0.39 is 116 Å². The number of ether oxygens (including phenoxy) is 11. The van der Waals surface area contributed by atoms with Gasteiger partial charge >= 0.3 is 41.8 Å². The van der Waals surface area contributed by atoms with Crippen molar-refractivity contribution in [3.8, 4) is 0 Å². The molecule has 2 N–H and O–H groups in total. The smallest absolute Gasteiger partial charge is 0.303 e. The van der Waals surface area contributed by atoms with Crippen LogP contribution in [0.2, 0.25) is 0 Å². The molecule has 0 aromatic carbocycles. The van der Waals surface area contributed by atoms with Crippen molar-refractivity contribution < 1.29 is 85.7 Å². The van der Waals surface area contributed by atoms with E-state index in [1.54, 1.807) is 0 Å². The quantitative estimate of drug-likeness (QED) is 0.122. The highest BCUT2D eigenvalue weighted by atomic mass is 16.8. The molecule has 0 unspecified atom stereocenters. The molecule has 0 spiro atoms. The summed E-state index contributed by atoms with van der Waals surface area (Å²) in [6, 6.07) is 0. The van der Waals surface area contributed by atoms with Crippen molar-refractivity contribution >= 4 is 41.8 Å². The Morgan fingerprint density at radius 2 is 0.833 bits per heavy atom. The molecule has 2 aliphatic heterocycles. The van der Waals surface area contributed by atoms with Crippen molar-refractivity contribution in [2.45, 2.75) is 116 Å². The molecule has 272 valence electrons. The first-order valence-corrected chi connectivity index (χ1v) is 14.9. The maximum atomic E-state index is 12.2. The molecule has 0 aromatic rings. The van der Waals surface area contributed by atoms with Crippen molar-refractivity contribution in [3.05, 3.63) is 0 Å². The van der Waals surface area contributed by atoms with Crippen LogP contribution in [0.4, 0.5) is 0 Å². The van der Waals surface area contributed by atoms with Gasteiger partial charge in [0.1, 0.15) is 18.8 Å². The minimum Gasteiger partial charge on any atom is -0.463 e. The monoisotopic (exact) mass is 693 g/mol. The number of carbonyl (C=O) groups is 7. The Morgan fingerprint density at radius 3 is 1.21 bits per heavy atom. The lowest BCUT2D eigenvalue weighted by atomic mass is 9.97. The van der Waals surface area contributed by atoms with Gasteiger partial charge in [0.25, 0.3) is 0 Å². The van der Waals surface area contributed by atoms with Crippen LogP contribution in [0.1, 0.15) is 54.9 Å². The average molecular weight is 694 g/mol. The SMILES string of the molecule is CC(=O)OC[C@H]1O[C@@H](OC[C@H]2O[C@H](OCCCN)[C@H](OC(C)=O)[C@@H](OC(C)=O)[C@@H]2OC(C)=O)[C@H](OC(C)=O)[C@@H](OC(C)=O)[C@@H]1OC(C)=O. The topological polar surface area (TPSA) is 247 Å². The zero-order chi connectivity index (χ0) is 36.1. The summed E-state index contributed by atoms with van der Waals surface area (Å²) >= 11 is 0. The Morgan fingerprint density at radius 1 is 0.479 bits per heavy atom. The average Bonchev–Trinajstić information content (AvgIpc) is 2.95. The molecule has 0 aromatic heterocycles. The third kappa shape index (κ3) is 12.6. The van der Waals surface area contributed by atoms with Gasteiger partial charge in [0.2, 0.25) is 0 Å². The van der Waals surface area contributed by atoms with Crippen LogP contribution >= 0.6 is 0 Å². The molecular formula is C29H43NO18. The minimum absolute atomic E-state index is 0.0250. The van der Waals surface area contributed by atoms with E-state index in [-0.39, 0.29) is 13.2 Å². The molecule has 10 atom stereocenters. The summed E-state index contributed by atoms with van der Waals surface area (Å²) in [5, 5.41) is 0. The molecule has 2 rings (SSSR count). The van der Waals surface area contributed by atoms with Gasteiger partial charge in [-0.1, -0.05) is 0 Å². The highest BCUT2D eigenvalue weighted by Crippen LogP contribution is 2.33. The summed E-state index contributed by atoms with van der Waals surface area (Å²) in [6.45, 7) is 6.73. The van der Waals surface area contributed by atoms with Gasteiger partial charge in [-0.15, -0.1) is 0 Å². The highest BCUT2D eigenvalue weighted by molar-refractivity contribution is 5.69. The molecule has 48 heavy (non-hydrogen) atoms. The highest BCUT2D eigenvalue weighted by Gasteiger charge is 2.55. The molecule has 2 fully saturated rings. The fourth-order valence-electron chi connectivity index (χ4n) is 4.92. The maximum absolute atomic E-state index is 12.2. The fraction of sp³-hybridized carbons (Fsp3) is 0.759. The van der Waals surface area contributed by atoms with Gasteiger partial charge in [-0.2, -0.15) is 0 Å². The number of hydrogen-bond donors (Lipinski definition) is 1. The van der Waals surface area contributed by atoms with E-state index in [1.165, 1.54) is 0 Å². The van der Waals surface area contributed by atoms with Crippen molar-refractivity contribution in [1.82, 2.24) is 0 Å².